The topological polar surface area (TPSA) is 66.8 Å². The summed E-state index contributed by atoms with van der Waals surface area (Å²) in [6.07, 6.45) is 7.34. The molecule has 0 aromatic carbocycles. The van der Waals surface area contributed by atoms with Crippen LogP contribution in [-0.4, -0.2) is 35.5 Å². The molecule has 0 fully saturated rings. The molecule has 4 nitrogen and oxygen atoms in total. The first-order chi connectivity index (χ1) is 8.61. The fourth-order valence-electron chi connectivity index (χ4n) is 1.65. The van der Waals surface area contributed by atoms with Crippen molar-refractivity contribution in [1.82, 2.24) is 0 Å². The molecule has 106 valence electrons. The molecule has 0 aromatic rings. The largest absolute Gasteiger partial charge is 0.460 e. The zero-order valence-electron chi connectivity index (χ0n) is 11.5. The summed E-state index contributed by atoms with van der Waals surface area (Å²) in [6, 6.07) is 0. The average Bonchev–Trinajstić information content (AvgIpc) is 2.35. The van der Waals surface area contributed by atoms with Crippen molar-refractivity contribution in [3.05, 3.63) is 11.6 Å². The molecule has 1 unspecified atom stereocenters. The van der Waals surface area contributed by atoms with Gasteiger partial charge in [-0.25, -0.2) is 4.79 Å². The molecule has 0 aliphatic carbocycles. The summed E-state index contributed by atoms with van der Waals surface area (Å²) in [7, 11) is 0. The van der Waals surface area contributed by atoms with E-state index in [1.807, 2.05) is 0 Å². The van der Waals surface area contributed by atoms with E-state index in [4.69, 9.17) is 9.84 Å². The Morgan fingerprint density at radius 2 is 1.94 bits per heavy atom. The number of carbonyl (C=O) groups is 1. The number of rotatable bonds is 10. The van der Waals surface area contributed by atoms with Crippen LogP contribution in [0.1, 0.15) is 52.4 Å². The fraction of sp³-hybridized carbons (Fsp3) is 0.786. The second-order valence-electron chi connectivity index (χ2n) is 4.48. The highest BCUT2D eigenvalue weighted by Gasteiger charge is 2.08. The number of hydrogen-bond donors (Lipinski definition) is 2. The van der Waals surface area contributed by atoms with Gasteiger partial charge in [-0.15, -0.1) is 0 Å². The van der Waals surface area contributed by atoms with Crippen LogP contribution in [0.2, 0.25) is 0 Å². The van der Waals surface area contributed by atoms with E-state index in [-0.39, 0.29) is 13.2 Å². The van der Waals surface area contributed by atoms with Crippen LogP contribution in [0.3, 0.4) is 0 Å². The quantitative estimate of drug-likeness (QED) is 0.358. The molecule has 0 bridgehead atoms. The van der Waals surface area contributed by atoms with Gasteiger partial charge in [-0.3, -0.25) is 0 Å². The van der Waals surface area contributed by atoms with Crippen LogP contribution >= 0.6 is 0 Å². The predicted molar refractivity (Wildman–Crippen MR) is 71.2 cm³/mol. The third-order valence-electron chi connectivity index (χ3n) is 2.69. The average molecular weight is 258 g/mol. The summed E-state index contributed by atoms with van der Waals surface area (Å²) < 4.78 is 4.74. The number of hydrogen-bond acceptors (Lipinski definition) is 4. The number of esters is 1. The van der Waals surface area contributed by atoms with Gasteiger partial charge in [0.1, 0.15) is 6.61 Å². The first-order valence-electron chi connectivity index (χ1n) is 6.76. The van der Waals surface area contributed by atoms with Crippen molar-refractivity contribution >= 4 is 5.97 Å². The van der Waals surface area contributed by atoms with Crippen LogP contribution < -0.4 is 0 Å². The molecule has 0 saturated heterocycles. The predicted octanol–water partition coefficient (Wildman–Crippen LogP) is 2.19. The molecule has 0 heterocycles. The van der Waals surface area contributed by atoms with Crippen LogP contribution in [-0.2, 0) is 9.53 Å². The van der Waals surface area contributed by atoms with Crippen molar-refractivity contribution < 1.29 is 19.7 Å². The van der Waals surface area contributed by atoms with Gasteiger partial charge in [0, 0.05) is 5.57 Å². The molecule has 4 heteroatoms. The highest BCUT2D eigenvalue weighted by Crippen LogP contribution is 2.09. The smallest absolute Gasteiger partial charge is 0.333 e. The molecular weight excluding hydrogens is 232 g/mol. The zero-order chi connectivity index (χ0) is 13.8. The van der Waals surface area contributed by atoms with Gasteiger partial charge in [0.05, 0.1) is 12.7 Å². The van der Waals surface area contributed by atoms with Gasteiger partial charge in [0.2, 0.25) is 0 Å². The monoisotopic (exact) mass is 258 g/mol. The van der Waals surface area contributed by atoms with Gasteiger partial charge < -0.3 is 14.9 Å². The first-order valence-corrected chi connectivity index (χ1v) is 6.76. The minimum absolute atomic E-state index is 0.00285. The van der Waals surface area contributed by atoms with Crippen LogP contribution in [0.15, 0.2) is 11.6 Å². The third-order valence-corrected chi connectivity index (χ3v) is 2.69. The first kappa shape index (κ1) is 17.1. The van der Waals surface area contributed by atoms with Gasteiger partial charge in [0.15, 0.2) is 0 Å². The van der Waals surface area contributed by atoms with Crippen molar-refractivity contribution in [2.24, 2.45) is 0 Å². The fourth-order valence-corrected chi connectivity index (χ4v) is 1.65. The number of unbranched alkanes of at least 4 members (excludes halogenated alkanes) is 4. The van der Waals surface area contributed by atoms with Gasteiger partial charge in [-0.05, 0) is 19.4 Å². The van der Waals surface area contributed by atoms with E-state index in [0.29, 0.717) is 12.0 Å². The zero-order valence-corrected chi connectivity index (χ0v) is 11.5. The van der Waals surface area contributed by atoms with Crippen LogP contribution in [0.5, 0.6) is 0 Å². The molecule has 0 aliphatic heterocycles. The molecule has 0 amide bonds. The summed E-state index contributed by atoms with van der Waals surface area (Å²) in [4.78, 5) is 11.3. The summed E-state index contributed by atoms with van der Waals surface area (Å²) in [5, 5.41) is 18.2. The molecule has 0 aliphatic rings. The minimum Gasteiger partial charge on any atom is -0.460 e. The van der Waals surface area contributed by atoms with Crippen molar-refractivity contribution in [3.8, 4) is 0 Å². The van der Waals surface area contributed by atoms with Gasteiger partial charge in [0.25, 0.3) is 0 Å². The highest BCUT2D eigenvalue weighted by molar-refractivity contribution is 5.87. The van der Waals surface area contributed by atoms with Gasteiger partial charge in [-0.2, -0.15) is 0 Å². The normalized spacial score (nSPS) is 13.4. The van der Waals surface area contributed by atoms with Crippen LogP contribution in [0.4, 0.5) is 0 Å². The Labute approximate surface area is 110 Å². The summed E-state index contributed by atoms with van der Waals surface area (Å²) in [5.74, 6) is -0.478. The maximum Gasteiger partial charge on any atom is 0.333 e. The lowest BCUT2D eigenvalue weighted by atomic mass is 10.1. The maximum absolute atomic E-state index is 11.3. The Hall–Kier alpha value is -0.870. The molecule has 1 atom stereocenters. The standard InChI is InChI=1S/C14H26O4/c1-3-4-5-6-7-8-13(16)11-12(2)14(17)18-10-9-15/h11,13,15-16H,3-10H2,1-2H3. The maximum atomic E-state index is 11.3. The van der Waals surface area contributed by atoms with Crippen molar-refractivity contribution in [1.29, 1.82) is 0 Å². The lowest BCUT2D eigenvalue weighted by molar-refractivity contribution is -0.140. The lowest BCUT2D eigenvalue weighted by Gasteiger charge is -2.08. The third kappa shape index (κ3) is 9.19. The lowest BCUT2D eigenvalue weighted by Crippen LogP contribution is -2.12. The Balaban J connectivity index is 3.81. The minimum atomic E-state index is -0.590. The number of aliphatic hydroxyl groups excluding tert-OH is 2. The summed E-state index contributed by atoms with van der Waals surface area (Å²) in [5.41, 5.74) is 0.393. The molecule has 0 radical (unpaired) electrons. The van der Waals surface area contributed by atoms with E-state index in [1.54, 1.807) is 6.92 Å². The van der Waals surface area contributed by atoms with Crippen molar-refractivity contribution in [2.45, 2.75) is 58.5 Å². The van der Waals surface area contributed by atoms with Crippen LogP contribution in [0.25, 0.3) is 0 Å². The van der Waals surface area contributed by atoms with E-state index in [1.165, 1.54) is 25.3 Å². The van der Waals surface area contributed by atoms with E-state index >= 15 is 0 Å². The number of ether oxygens (including phenoxy) is 1. The molecule has 0 aromatic heterocycles. The Morgan fingerprint density at radius 1 is 1.28 bits per heavy atom. The molecule has 0 spiro atoms. The van der Waals surface area contributed by atoms with Gasteiger partial charge >= 0.3 is 5.97 Å². The second-order valence-corrected chi connectivity index (χ2v) is 4.48. The van der Waals surface area contributed by atoms with E-state index < -0.39 is 12.1 Å². The Morgan fingerprint density at radius 3 is 2.56 bits per heavy atom. The summed E-state index contributed by atoms with van der Waals surface area (Å²) >= 11 is 0. The summed E-state index contributed by atoms with van der Waals surface area (Å²) in [6.45, 7) is 3.59. The number of aliphatic hydroxyl groups is 2. The second kappa shape index (κ2) is 11.2. The van der Waals surface area contributed by atoms with Crippen molar-refractivity contribution in [3.63, 3.8) is 0 Å². The number of carbonyl (C=O) groups excluding carboxylic acids is 1. The molecule has 2 N–H and O–H groups in total. The molecule has 0 saturated carbocycles. The Bertz CT molecular complexity index is 248. The van der Waals surface area contributed by atoms with Crippen LogP contribution in [0, 0.1) is 0 Å². The van der Waals surface area contributed by atoms with Gasteiger partial charge in [-0.1, -0.05) is 39.0 Å². The molecule has 0 rings (SSSR count). The Kier molecular flexibility index (Phi) is 10.7. The van der Waals surface area contributed by atoms with Crippen molar-refractivity contribution in [2.75, 3.05) is 13.2 Å². The molecular formula is C14H26O4. The molecule has 18 heavy (non-hydrogen) atoms. The SMILES string of the molecule is CCCCCCCC(O)C=C(C)C(=O)OCCO. The van der Waals surface area contributed by atoms with E-state index in [9.17, 15) is 9.90 Å². The van der Waals surface area contributed by atoms with E-state index in [2.05, 4.69) is 6.92 Å². The van der Waals surface area contributed by atoms with E-state index in [0.717, 1.165) is 12.8 Å². The highest BCUT2D eigenvalue weighted by atomic mass is 16.5.